The average Bonchev–Trinajstić information content (AvgIpc) is 2.41. The zero-order valence-corrected chi connectivity index (χ0v) is 11.8. The summed E-state index contributed by atoms with van der Waals surface area (Å²) >= 11 is 1.61. The summed E-state index contributed by atoms with van der Waals surface area (Å²) in [5.74, 6) is 0. The summed E-state index contributed by atoms with van der Waals surface area (Å²) in [7, 11) is 4.61. The van der Waals surface area contributed by atoms with Gasteiger partial charge in [0, 0.05) is 23.2 Å². The molecule has 3 nitrogen and oxygen atoms in total. The van der Waals surface area contributed by atoms with Crippen LogP contribution in [0.15, 0.2) is 48.8 Å². The number of pyridine rings is 2. The summed E-state index contributed by atoms with van der Waals surface area (Å²) in [5, 5.41) is 2.30. The Morgan fingerprint density at radius 2 is 1.71 bits per heavy atom. The van der Waals surface area contributed by atoms with Crippen LogP contribution in [0.4, 0.5) is 0 Å². The van der Waals surface area contributed by atoms with E-state index in [0.29, 0.717) is 0 Å². The molecule has 0 spiro atoms. The largest absolute Gasteiger partial charge is 0.693 e. The standard InChI is InChI=1S/C12H8N2.ClH.H2N.Pt/c1-2-5-10-9(4-1)8-14-11-6-3-7-13-12(10)11;;;/h1-8H;1H;1H2;/q;;-1;+2/p-1. The molecule has 3 rings (SSSR count). The molecule has 0 fully saturated rings. The van der Waals surface area contributed by atoms with Crippen molar-refractivity contribution in [3.63, 3.8) is 0 Å². The molecule has 3 aromatic rings. The third-order valence-electron chi connectivity index (χ3n) is 2.35. The fourth-order valence-corrected chi connectivity index (χ4v) is 1.67. The first-order chi connectivity index (χ1) is 7.95. The Morgan fingerprint density at radius 1 is 0.941 bits per heavy atom. The minimum Gasteiger partial charge on any atom is -0.693 e. The molecule has 2 heterocycles. The molecule has 2 aromatic heterocycles. The summed E-state index contributed by atoms with van der Waals surface area (Å²) in [6.07, 6.45) is 3.69. The van der Waals surface area contributed by atoms with Crippen LogP contribution in [0.2, 0.25) is 0 Å². The number of rotatable bonds is 0. The molecule has 0 atom stereocenters. The van der Waals surface area contributed by atoms with E-state index in [1.54, 1.807) is 25.0 Å². The smallest absolute Gasteiger partial charge is 0.0964 e. The second kappa shape index (κ2) is 6.65. The molecule has 0 bridgehead atoms. The predicted molar refractivity (Wildman–Crippen MR) is 68.2 cm³/mol. The number of hydrogen-bond donors (Lipinski definition) is 0. The number of hydrogen-bond acceptors (Lipinski definition) is 2. The van der Waals surface area contributed by atoms with Crippen molar-refractivity contribution in [3.05, 3.63) is 54.9 Å². The van der Waals surface area contributed by atoms with E-state index in [0.717, 1.165) is 21.8 Å². The van der Waals surface area contributed by atoms with E-state index in [1.807, 2.05) is 30.5 Å². The molecule has 0 amide bonds. The zero-order chi connectivity index (χ0) is 11.4. The van der Waals surface area contributed by atoms with Gasteiger partial charge < -0.3 is 6.15 Å². The van der Waals surface area contributed by atoms with Gasteiger partial charge in [0.2, 0.25) is 0 Å². The summed E-state index contributed by atoms with van der Waals surface area (Å²) in [6.45, 7) is 0. The molecule has 1 aromatic carbocycles. The van der Waals surface area contributed by atoms with Crippen LogP contribution in [0.5, 0.6) is 0 Å². The van der Waals surface area contributed by atoms with Crippen molar-refractivity contribution in [1.29, 1.82) is 0 Å². The molecule has 0 aliphatic heterocycles. The van der Waals surface area contributed by atoms with E-state index in [4.69, 9.17) is 0 Å². The van der Waals surface area contributed by atoms with Gasteiger partial charge in [-0.25, -0.2) is 0 Å². The first-order valence-corrected chi connectivity index (χ1v) is 7.47. The normalized spacial score (nSPS) is 9.35. The Bertz CT molecular complexity index is 561. The number of nitrogens with zero attached hydrogens (tertiary/aromatic N) is 2. The second-order valence-corrected chi connectivity index (χ2v) is 3.22. The van der Waals surface area contributed by atoms with Crippen molar-refractivity contribution in [2.24, 2.45) is 0 Å². The number of aromatic nitrogens is 2. The average molecular weight is 427 g/mol. The minimum atomic E-state index is 0. The van der Waals surface area contributed by atoms with Crippen molar-refractivity contribution in [1.82, 2.24) is 9.97 Å². The molecular formula is C12H10ClN3Pt. The fourth-order valence-electron chi connectivity index (χ4n) is 1.67. The monoisotopic (exact) mass is 426 g/mol. The van der Waals surface area contributed by atoms with Gasteiger partial charge in [-0.15, -0.1) is 0 Å². The molecule has 0 saturated carbocycles. The molecule has 90 valence electrons. The first-order valence-electron chi connectivity index (χ1n) is 4.65. The number of benzene rings is 1. The molecule has 17 heavy (non-hydrogen) atoms. The topological polar surface area (TPSA) is 59.3 Å². The Morgan fingerprint density at radius 3 is 2.53 bits per heavy atom. The van der Waals surface area contributed by atoms with Crippen LogP contribution in [0.25, 0.3) is 28.0 Å². The van der Waals surface area contributed by atoms with E-state index < -0.39 is 0 Å². The summed E-state index contributed by atoms with van der Waals surface area (Å²) in [4.78, 5) is 8.69. The summed E-state index contributed by atoms with van der Waals surface area (Å²) < 4.78 is 0. The first kappa shape index (κ1) is 14.0. The van der Waals surface area contributed by atoms with Crippen LogP contribution in [-0.4, -0.2) is 9.97 Å². The van der Waals surface area contributed by atoms with E-state index in [9.17, 15) is 0 Å². The Hall–Kier alpha value is -1.02. The molecular weight excluding hydrogens is 417 g/mol. The van der Waals surface area contributed by atoms with Crippen LogP contribution < -0.4 is 0 Å². The Kier molecular flexibility index (Phi) is 5.49. The molecule has 2 N–H and O–H groups in total. The quantitative estimate of drug-likeness (QED) is 0.506. The van der Waals surface area contributed by atoms with Crippen molar-refractivity contribution in [3.8, 4) is 0 Å². The molecule has 5 heteroatoms. The second-order valence-electron chi connectivity index (χ2n) is 3.22. The molecule has 0 aliphatic carbocycles. The third-order valence-corrected chi connectivity index (χ3v) is 2.35. The van der Waals surface area contributed by atoms with Crippen molar-refractivity contribution in [2.75, 3.05) is 0 Å². The fraction of sp³-hybridized carbons (Fsp3) is 0. The van der Waals surface area contributed by atoms with Crippen molar-refractivity contribution >= 4 is 31.2 Å². The van der Waals surface area contributed by atoms with Crippen LogP contribution in [0.1, 0.15) is 0 Å². The molecule has 0 unspecified atom stereocenters. The van der Waals surface area contributed by atoms with Gasteiger partial charge in [-0.05, 0) is 12.1 Å². The van der Waals surface area contributed by atoms with Crippen molar-refractivity contribution < 1.29 is 18.8 Å². The van der Waals surface area contributed by atoms with Gasteiger partial charge in [-0.3, -0.25) is 9.97 Å². The maximum atomic E-state index is 4.61. The minimum absolute atomic E-state index is 0. The van der Waals surface area contributed by atoms with Gasteiger partial charge in [-0.1, -0.05) is 24.3 Å². The van der Waals surface area contributed by atoms with Crippen LogP contribution in [-0.2, 0) is 18.8 Å². The van der Waals surface area contributed by atoms with Crippen molar-refractivity contribution in [2.45, 2.75) is 0 Å². The van der Waals surface area contributed by atoms with Gasteiger partial charge in [-0.2, -0.15) is 0 Å². The third kappa shape index (κ3) is 2.81. The van der Waals surface area contributed by atoms with E-state index in [2.05, 4.69) is 31.5 Å². The Labute approximate surface area is 115 Å². The maximum Gasteiger partial charge on any atom is 0.0964 e. The zero-order valence-electron chi connectivity index (χ0n) is 8.78. The SMILES string of the molecule is [Cl][Pt+].[NH2-].c1ccc2c(c1)cnc1cccnc12. The van der Waals surface area contributed by atoms with E-state index in [1.165, 1.54) is 0 Å². The number of nitrogens with two attached hydrogens (primary N) is 1. The molecule has 0 aliphatic rings. The van der Waals surface area contributed by atoms with Gasteiger partial charge in [0.15, 0.2) is 0 Å². The molecule has 0 radical (unpaired) electrons. The van der Waals surface area contributed by atoms with E-state index >= 15 is 0 Å². The van der Waals surface area contributed by atoms with Gasteiger partial charge in [0.05, 0.1) is 11.0 Å². The van der Waals surface area contributed by atoms with Gasteiger partial charge >= 0.3 is 28.2 Å². The maximum absolute atomic E-state index is 4.61. The number of fused-ring (bicyclic) bond motifs is 3. The molecule has 0 saturated heterocycles. The van der Waals surface area contributed by atoms with Gasteiger partial charge in [0.1, 0.15) is 0 Å². The van der Waals surface area contributed by atoms with Crippen LogP contribution >= 0.6 is 9.42 Å². The van der Waals surface area contributed by atoms with Crippen LogP contribution in [0, 0.1) is 0 Å². The number of halogens is 1. The van der Waals surface area contributed by atoms with E-state index in [-0.39, 0.29) is 6.15 Å². The summed E-state index contributed by atoms with van der Waals surface area (Å²) in [5.41, 5.74) is 1.93. The summed E-state index contributed by atoms with van der Waals surface area (Å²) in [6, 6.07) is 12.1. The van der Waals surface area contributed by atoms with Crippen LogP contribution in [0.3, 0.4) is 0 Å². The Balaban J connectivity index is 0.000000459. The predicted octanol–water partition coefficient (Wildman–Crippen LogP) is 4.19. The van der Waals surface area contributed by atoms with Gasteiger partial charge in [0.25, 0.3) is 0 Å².